The zero-order valence-corrected chi connectivity index (χ0v) is 8.63. The van der Waals surface area contributed by atoms with Gasteiger partial charge in [0.15, 0.2) is 0 Å². The molecule has 0 amide bonds. The van der Waals surface area contributed by atoms with Gasteiger partial charge >= 0.3 is 0 Å². The molecule has 2 N–H and O–H groups in total. The Hall–Kier alpha value is -0.890. The van der Waals surface area contributed by atoms with Crippen LogP contribution in [0, 0.1) is 11.7 Å². The number of nitrogens with two attached hydrogens (primary N) is 1. The molecule has 2 heteroatoms. The second-order valence-corrected chi connectivity index (χ2v) is 4.52. The highest BCUT2D eigenvalue weighted by molar-refractivity contribution is 5.37. The van der Waals surface area contributed by atoms with Crippen LogP contribution in [0.15, 0.2) is 24.3 Å². The number of halogens is 1. The van der Waals surface area contributed by atoms with Gasteiger partial charge in [-0.3, -0.25) is 0 Å². The minimum absolute atomic E-state index is 0.0299. The molecule has 0 heterocycles. The predicted molar refractivity (Wildman–Crippen MR) is 55.5 cm³/mol. The molecule has 1 aromatic carbocycles. The maximum Gasteiger partial charge on any atom is 0.123 e. The fraction of sp³-hybridized carbons (Fsp3) is 0.500. The SMILES string of the molecule is CC(C)C1(c2cccc(F)c2)C[C@H]1N. The van der Waals surface area contributed by atoms with Crippen LogP contribution in [0.5, 0.6) is 0 Å². The summed E-state index contributed by atoms with van der Waals surface area (Å²) in [6.45, 7) is 4.30. The summed E-state index contributed by atoms with van der Waals surface area (Å²) in [7, 11) is 0. The number of benzene rings is 1. The van der Waals surface area contributed by atoms with E-state index in [1.807, 2.05) is 6.07 Å². The Morgan fingerprint density at radius 2 is 2.14 bits per heavy atom. The van der Waals surface area contributed by atoms with E-state index in [0.29, 0.717) is 5.92 Å². The first-order valence-electron chi connectivity index (χ1n) is 5.09. The van der Waals surface area contributed by atoms with Gasteiger partial charge in [0, 0.05) is 11.5 Å². The molecular formula is C12H16FN. The van der Waals surface area contributed by atoms with Crippen molar-refractivity contribution in [2.45, 2.75) is 31.7 Å². The Bertz CT molecular complexity index is 348. The molecular weight excluding hydrogens is 177 g/mol. The number of hydrogen-bond donors (Lipinski definition) is 1. The first-order valence-corrected chi connectivity index (χ1v) is 5.09. The summed E-state index contributed by atoms with van der Waals surface area (Å²) in [4.78, 5) is 0. The summed E-state index contributed by atoms with van der Waals surface area (Å²) in [6, 6.07) is 7.04. The fourth-order valence-corrected chi connectivity index (χ4v) is 2.41. The second-order valence-electron chi connectivity index (χ2n) is 4.52. The minimum Gasteiger partial charge on any atom is -0.327 e. The lowest BCUT2D eigenvalue weighted by Gasteiger charge is -2.21. The van der Waals surface area contributed by atoms with Crippen molar-refractivity contribution in [1.29, 1.82) is 0 Å². The third-order valence-corrected chi connectivity index (χ3v) is 3.45. The minimum atomic E-state index is -0.165. The zero-order chi connectivity index (χ0) is 10.3. The molecule has 0 radical (unpaired) electrons. The van der Waals surface area contributed by atoms with Gasteiger partial charge in [-0.2, -0.15) is 0 Å². The van der Waals surface area contributed by atoms with Crippen molar-refractivity contribution in [1.82, 2.24) is 0 Å². The molecule has 1 aliphatic rings. The average Bonchev–Trinajstić information content (AvgIpc) is 2.79. The highest BCUT2D eigenvalue weighted by atomic mass is 19.1. The van der Waals surface area contributed by atoms with Gasteiger partial charge in [-0.05, 0) is 30.0 Å². The summed E-state index contributed by atoms with van der Waals surface area (Å²) in [6.07, 6.45) is 0.980. The van der Waals surface area contributed by atoms with Crippen molar-refractivity contribution < 1.29 is 4.39 Å². The van der Waals surface area contributed by atoms with Crippen LogP contribution in [-0.2, 0) is 5.41 Å². The summed E-state index contributed by atoms with van der Waals surface area (Å²) < 4.78 is 13.1. The lowest BCUT2D eigenvalue weighted by Crippen LogP contribution is -2.24. The van der Waals surface area contributed by atoms with Crippen LogP contribution >= 0.6 is 0 Å². The number of rotatable bonds is 2. The summed E-state index contributed by atoms with van der Waals surface area (Å²) in [5.74, 6) is 0.306. The molecule has 1 fully saturated rings. The molecule has 1 aliphatic carbocycles. The van der Waals surface area contributed by atoms with E-state index in [-0.39, 0.29) is 17.3 Å². The van der Waals surface area contributed by atoms with E-state index in [1.54, 1.807) is 12.1 Å². The van der Waals surface area contributed by atoms with Crippen LogP contribution in [0.4, 0.5) is 4.39 Å². The topological polar surface area (TPSA) is 26.0 Å². The van der Waals surface area contributed by atoms with E-state index in [1.165, 1.54) is 6.07 Å². The van der Waals surface area contributed by atoms with Crippen LogP contribution in [0.3, 0.4) is 0 Å². The van der Waals surface area contributed by atoms with Gasteiger partial charge in [0.2, 0.25) is 0 Å². The Morgan fingerprint density at radius 1 is 1.50 bits per heavy atom. The average molecular weight is 193 g/mol. The largest absolute Gasteiger partial charge is 0.327 e. The lowest BCUT2D eigenvalue weighted by atomic mass is 9.84. The Morgan fingerprint density at radius 3 is 2.57 bits per heavy atom. The van der Waals surface area contributed by atoms with Gasteiger partial charge < -0.3 is 5.73 Å². The van der Waals surface area contributed by atoms with E-state index in [4.69, 9.17) is 5.73 Å². The molecule has 2 rings (SSSR count). The lowest BCUT2D eigenvalue weighted by molar-refractivity contribution is 0.463. The second kappa shape index (κ2) is 3.06. The van der Waals surface area contributed by atoms with Crippen molar-refractivity contribution in [3.8, 4) is 0 Å². The normalized spacial score (nSPS) is 30.8. The van der Waals surface area contributed by atoms with Gasteiger partial charge in [0.1, 0.15) is 5.82 Å². The third kappa shape index (κ3) is 1.25. The van der Waals surface area contributed by atoms with Crippen LogP contribution in [0.25, 0.3) is 0 Å². The van der Waals surface area contributed by atoms with Gasteiger partial charge in [-0.1, -0.05) is 26.0 Å². The fourth-order valence-electron chi connectivity index (χ4n) is 2.41. The highest BCUT2D eigenvalue weighted by Gasteiger charge is 2.55. The molecule has 0 saturated heterocycles. The summed E-state index contributed by atoms with van der Waals surface area (Å²) in [5, 5.41) is 0. The van der Waals surface area contributed by atoms with Gasteiger partial charge in [0.25, 0.3) is 0 Å². The van der Waals surface area contributed by atoms with Crippen molar-refractivity contribution in [3.63, 3.8) is 0 Å². The smallest absolute Gasteiger partial charge is 0.123 e. The number of hydrogen-bond acceptors (Lipinski definition) is 1. The Balaban J connectivity index is 2.39. The van der Waals surface area contributed by atoms with Gasteiger partial charge in [-0.15, -0.1) is 0 Å². The van der Waals surface area contributed by atoms with E-state index in [9.17, 15) is 4.39 Å². The summed E-state index contributed by atoms with van der Waals surface area (Å²) in [5.41, 5.74) is 7.05. The van der Waals surface area contributed by atoms with E-state index >= 15 is 0 Å². The van der Waals surface area contributed by atoms with Crippen LogP contribution in [0.2, 0.25) is 0 Å². The molecule has 0 bridgehead atoms. The third-order valence-electron chi connectivity index (χ3n) is 3.45. The van der Waals surface area contributed by atoms with E-state index < -0.39 is 0 Å². The molecule has 76 valence electrons. The first-order chi connectivity index (χ1) is 6.57. The molecule has 1 aromatic rings. The van der Waals surface area contributed by atoms with Gasteiger partial charge in [-0.25, -0.2) is 4.39 Å². The molecule has 1 unspecified atom stereocenters. The highest BCUT2D eigenvalue weighted by Crippen LogP contribution is 2.52. The first kappa shape index (κ1) is 9.66. The quantitative estimate of drug-likeness (QED) is 0.767. The predicted octanol–water partition coefficient (Wildman–Crippen LogP) is 2.45. The van der Waals surface area contributed by atoms with Crippen molar-refractivity contribution >= 4 is 0 Å². The molecule has 1 nitrogen and oxygen atoms in total. The zero-order valence-electron chi connectivity index (χ0n) is 8.63. The molecule has 0 aliphatic heterocycles. The monoisotopic (exact) mass is 193 g/mol. The molecule has 14 heavy (non-hydrogen) atoms. The van der Waals surface area contributed by atoms with E-state index in [2.05, 4.69) is 13.8 Å². The maximum absolute atomic E-state index is 13.1. The van der Waals surface area contributed by atoms with Crippen molar-refractivity contribution in [2.24, 2.45) is 11.7 Å². The molecule has 0 spiro atoms. The van der Waals surface area contributed by atoms with Crippen molar-refractivity contribution in [2.75, 3.05) is 0 Å². The molecule has 2 atom stereocenters. The van der Waals surface area contributed by atoms with Crippen LogP contribution in [-0.4, -0.2) is 6.04 Å². The summed E-state index contributed by atoms with van der Waals surface area (Å²) >= 11 is 0. The van der Waals surface area contributed by atoms with Crippen molar-refractivity contribution in [3.05, 3.63) is 35.6 Å². The maximum atomic E-state index is 13.1. The van der Waals surface area contributed by atoms with Gasteiger partial charge in [0.05, 0.1) is 0 Å². The van der Waals surface area contributed by atoms with Crippen LogP contribution < -0.4 is 5.73 Å². The van der Waals surface area contributed by atoms with Crippen LogP contribution in [0.1, 0.15) is 25.8 Å². The van der Waals surface area contributed by atoms with E-state index in [0.717, 1.165) is 12.0 Å². The molecule has 1 saturated carbocycles. The molecule has 0 aromatic heterocycles. The Kier molecular flexibility index (Phi) is 2.11. The Labute approximate surface area is 84.1 Å². The standard InChI is InChI=1S/C12H16FN/c1-8(2)12(7-11(12)14)9-4-3-5-10(13)6-9/h3-6,8,11H,7,14H2,1-2H3/t11-,12?/m1/s1.